The van der Waals surface area contributed by atoms with Gasteiger partial charge in [-0.1, -0.05) is 82.3 Å². The number of rotatable bonds is 0. The molecule has 0 N–H and O–H groups in total. The van der Waals surface area contributed by atoms with Crippen LogP contribution in [-0.4, -0.2) is 3.21 Å². The van der Waals surface area contributed by atoms with Gasteiger partial charge >= 0.3 is 59.5 Å². The van der Waals surface area contributed by atoms with E-state index in [0.717, 1.165) is 0 Å². The van der Waals surface area contributed by atoms with Gasteiger partial charge in [-0.15, -0.1) is 39.7 Å². The van der Waals surface area contributed by atoms with Crippen molar-refractivity contribution in [3.8, 4) is 0 Å². The Morgan fingerprint density at radius 3 is 1.67 bits per heavy atom. The van der Waals surface area contributed by atoms with Crippen LogP contribution in [0.1, 0.15) is 66.7 Å². The van der Waals surface area contributed by atoms with Crippen molar-refractivity contribution < 1.29 is 49.0 Å². The Bertz CT molecular complexity index is 1040. The van der Waals surface area contributed by atoms with E-state index in [-0.39, 0.29) is 24.8 Å². The van der Waals surface area contributed by atoms with Gasteiger partial charge < -0.3 is 24.8 Å². The van der Waals surface area contributed by atoms with Gasteiger partial charge in [0.05, 0.1) is 0 Å². The molecule has 0 heterocycles. The summed E-state index contributed by atoms with van der Waals surface area (Å²) in [6, 6.07) is 19.3. The summed E-state index contributed by atoms with van der Waals surface area (Å²) in [5.74, 6) is 0.518. The predicted molar refractivity (Wildman–Crippen MR) is 134 cm³/mol. The molecule has 1 fully saturated rings. The molecule has 0 bridgehead atoms. The Kier molecular flexibility index (Phi) is 12.7. The second-order valence-electron chi connectivity index (χ2n) is 9.87. The number of allylic oxidation sites excluding steroid dienone is 4. The molecule has 3 aromatic carbocycles. The van der Waals surface area contributed by atoms with E-state index in [1.54, 1.807) is 27.4 Å². The maximum Gasteiger partial charge on any atom is -0.0771 e. The molecular formula is C30H36Cl2Zr-2. The summed E-state index contributed by atoms with van der Waals surface area (Å²) in [7, 11) is 0. The average molecular weight is 559 g/mol. The molecule has 5 rings (SSSR count). The SMILES string of the molecule is CC1=[C-]C(C)C=C1C(C)(C)C.[Cl-].[Cl-].[Zr+2]=[C]1CCCCC1.c1ccc2c(c1)[cH-]c1ccccc12. The van der Waals surface area contributed by atoms with Gasteiger partial charge in [-0.05, 0) is 0 Å². The Hall–Kier alpha value is -0.877. The zero-order valence-electron chi connectivity index (χ0n) is 20.6. The maximum atomic E-state index is 3.40. The van der Waals surface area contributed by atoms with Crippen molar-refractivity contribution in [3.05, 3.63) is 77.9 Å². The summed E-state index contributed by atoms with van der Waals surface area (Å²) in [4.78, 5) is 0. The van der Waals surface area contributed by atoms with Crippen molar-refractivity contribution in [1.29, 1.82) is 0 Å². The van der Waals surface area contributed by atoms with Crippen molar-refractivity contribution >= 4 is 24.8 Å². The molecule has 2 aliphatic carbocycles. The Balaban J connectivity index is 0.000000251. The van der Waals surface area contributed by atoms with Crippen LogP contribution in [0.15, 0.2) is 71.8 Å². The summed E-state index contributed by atoms with van der Waals surface area (Å²) in [6.45, 7) is 11.1. The molecule has 3 aromatic rings. The minimum Gasteiger partial charge on any atom is -0.126 e. The van der Waals surface area contributed by atoms with Gasteiger partial charge in [-0.2, -0.15) is 11.6 Å². The van der Waals surface area contributed by atoms with E-state index in [9.17, 15) is 0 Å². The molecule has 0 aliphatic heterocycles. The summed E-state index contributed by atoms with van der Waals surface area (Å²) in [5.41, 5.74) is 3.09. The van der Waals surface area contributed by atoms with E-state index in [4.69, 9.17) is 0 Å². The van der Waals surface area contributed by atoms with Crippen LogP contribution >= 0.6 is 0 Å². The summed E-state index contributed by atoms with van der Waals surface area (Å²) in [5, 5.41) is 5.39. The third-order valence-corrected chi connectivity index (χ3v) is 7.28. The normalized spacial score (nSPS) is 17.5. The molecule has 2 aliphatic rings. The molecule has 0 radical (unpaired) electrons. The number of benzene rings is 2. The first kappa shape index (κ1) is 30.2. The van der Waals surface area contributed by atoms with Crippen LogP contribution in [0.5, 0.6) is 0 Å². The van der Waals surface area contributed by atoms with Gasteiger partial charge in [0.2, 0.25) is 0 Å². The molecule has 0 saturated heterocycles. The van der Waals surface area contributed by atoms with E-state index in [1.807, 2.05) is 0 Å². The van der Waals surface area contributed by atoms with Crippen LogP contribution in [0, 0.1) is 17.4 Å². The molecular weight excluding hydrogens is 522 g/mol. The number of hydrogen-bond acceptors (Lipinski definition) is 0. The van der Waals surface area contributed by atoms with E-state index in [1.165, 1.54) is 64.8 Å². The Morgan fingerprint density at radius 1 is 0.848 bits per heavy atom. The summed E-state index contributed by atoms with van der Waals surface area (Å²) in [6.07, 6.45) is 13.0. The third-order valence-electron chi connectivity index (χ3n) is 6.05. The first-order valence-electron chi connectivity index (χ1n) is 11.7. The van der Waals surface area contributed by atoms with Gasteiger partial charge in [0.25, 0.3) is 0 Å². The number of halogens is 2. The van der Waals surface area contributed by atoms with E-state index < -0.39 is 0 Å². The second kappa shape index (κ2) is 13.9. The van der Waals surface area contributed by atoms with Gasteiger partial charge in [0, 0.05) is 0 Å². The third kappa shape index (κ3) is 8.69. The minimum absolute atomic E-state index is 0. The molecule has 1 saturated carbocycles. The van der Waals surface area contributed by atoms with Crippen molar-refractivity contribution in [2.45, 2.75) is 66.7 Å². The second-order valence-corrected chi connectivity index (χ2v) is 11.6. The van der Waals surface area contributed by atoms with E-state index in [0.29, 0.717) is 11.3 Å². The zero-order valence-corrected chi connectivity index (χ0v) is 24.6. The standard InChI is InChI=1S/C13H9.C11H17.C6H10.2ClH.Zr/c1-3-7-12-10(5-1)9-11-6-2-4-8-13(11)12;1-8-6-9(2)10(7-8)11(3,4)5;1-2-4-6-5-3-1;;;/h1-9H;7-8H,1-5H3;1-5H2;2*1H;/q2*-1;;;;+2/p-2. The fourth-order valence-corrected chi connectivity index (χ4v) is 5.40. The quantitative estimate of drug-likeness (QED) is 0.373. The van der Waals surface area contributed by atoms with Crippen molar-refractivity contribution in [1.82, 2.24) is 0 Å². The molecule has 1 unspecified atom stereocenters. The topological polar surface area (TPSA) is 0 Å². The van der Waals surface area contributed by atoms with Crippen molar-refractivity contribution in [2.24, 2.45) is 11.3 Å². The van der Waals surface area contributed by atoms with Gasteiger partial charge in [0.15, 0.2) is 0 Å². The first-order chi connectivity index (χ1) is 14.8. The van der Waals surface area contributed by atoms with Crippen molar-refractivity contribution in [2.75, 3.05) is 0 Å². The Morgan fingerprint density at radius 2 is 1.33 bits per heavy atom. The number of hydrogen-bond donors (Lipinski definition) is 0. The van der Waals surface area contributed by atoms with Crippen molar-refractivity contribution in [3.63, 3.8) is 0 Å². The fraction of sp³-hybridized carbons (Fsp3) is 0.400. The van der Waals surface area contributed by atoms with Crippen LogP contribution in [0.4, 0.5) is 0 Å². The smallest absolute Gasteiger partial charge is 0.0771 e. The molecule has 33 heavy (non-hydrogen) atoms. The van der Waals surface area contributed by atoms with Gasteiger partial charge in [-0.25, -0.2) is 5.57 Å². The Labute approximate surface area is 228 Å². The predicted octanol–water partition coefficient (Wildman–Crippen LogP) is 2.75. The van der Waals surface area contributed by atoms with E-state index >= 15 is 0 Å². The monoisotopic (exact) mass is 556 g/mol. The largest absolute Gasteiger partial charge is 0.126 e. The van der Waals surface area contributed by atoms with Crippen LogP contribution < -0.4 is 24.8 Å². The van der Waals surface area contributed by atoms with Crippen LogP contribution in [0.2, 0.25) is 0 Å². The van der Waals surface area contributed by atoms with Gasteiger partial charge in [-0.3, -0.25) is 6.08 Å². The zero-order chi connectivity index (χ0) is 22.4. The van der Waals surface area contributed by atoms with E-state index in [2.05, 4.69) is 101 Å². The summed E-state index contributed by atoms with van der Waals surface area (Å²) >= 11 is 1.69. The average Bonchev–Trinajstić information content (AvgIpc) is 3.28. The molecule has 0 nitrogen and oxygen atoms in total. The first-order valence-corrected chi connectivity index (χ1v) is 12.9. The molecule has 176 valence electrons. The van der Waals surface area contributed by atoms with Crippen LogP contribution in [0.25, 0.3) is 21.5 Å². The van der Waals surface area contributed by atoms with Crippen LogP contribution in [0.3, 0.4) is 0 Å². The molecule has 1 atom stereocenters. The fourth-order valence-electron chi connectivity index (χ4n) is 4.53. The number of fused-ring (bicyclic) bond motifs is 3. The van der Waals surface area contributed by atoms with Gasteiger partial charge in [0.1, 0.15) is 0 Å². The molecule has 0 amide bonds. The molecule has 0 aromatic heterocycles. The molecule has 3 heteroatoms. The summed E-state index contributed by atoms with van der Waals surface area (Å²) < 4.78 is 1.80. The maximum absolute atomic E-state index is 3.40. The van der Waals surface area contributed by atoms with Crippen LogP contribution in [-0.2, 0) is 24.2 Å². The molecule has 0 spiro atoms. The minimum atomic E-state index is 0.